The monoisotopic (exact) mass is 271 g/mol. The number of hydrogen-bond acceptors (Lipinski definition) is 3. The number of aliphatic carboxylic acids is 2. The molecule has 7 heteroatoms. The van der Waals surface area contributed by atoms with Gasteiger partial charge < -0.3 is 15.9 Å². The van der Waals surface area contributed by atoms with E-state index in [4.69, 9.17) is 15.9 Å². The average Bonchev–Trinajstić information content (AvgIpc) is 2.28. The zero-order chi connectivity index (χ0) is 14.3. The highest BCUT2D eigenvalue weighted by Gasteiger charge is 2.45. The summed E-state index contributed by atoms with van der Waals surface area (Å²) < 4.78 is 11.9. The van der Waals surface area contributed by atoms with Gasteiger partial charge in [-0.2, -0.15) is 0 Å². The Morgan fingerprint density at radius 3 is 1.35 bits per heavy atom. The van der Waals surface area contributed by atoms with Gasteiger partial charge in [-0.05, 0) is 19.3 Å². The van der Waals surface area contributed by atoms with E-state index in [1.807, 2.05) is 0 Å². The molecule has 0 rings (SSSR count). The summed E-state index contributed by atoms with van der Waals surface area (Å²) in [6.07, 6.45) is 3.29. The quantitative estimate of drug-likeness (QED) is 0.524. The van der Waals surface area contributed by atoms with Crippen LogP contribution >= 0.6 is 11.6 Å². The molecule has 0 spiro atoms. The van der Waals surface area contributed by atoms with Crippen molar-refractivity contribution < 1.29 is 24.2 Å². The molecular weight excluding hydrogens is 253 g/mol. The maximum atomic E-state index is 11.9. The minimum absolute atomic E-state index is 0.125. The van der Waals surface area contributed by atoms with E-state index in [-0.39, 0.29) is 5.54 Å². The van der Waals surface area contributed by atoms with Crippen LogP contribution < -0.4 is 5.73 Å². The van der Waals surface area contributed by atoms with Crippen LogP contribution in [0.25, 0.3) is 0 Å². The molecule has 0 aromatic heterocycles. The number of carboxylic acid groups (broad SMARTS) is 2. The molecule has 0 amide bonds. The third kappa shape index (κ3) is 6.43. The second kappa shape index (κ2) is 7.45. The second-order valence-electron chi connectivity index (χ2n) is 3.61. The first-order valence-electron chi connectivity index (χ1n) is 5.20. The van der Waals surface area contributed by atoms with Crippen molar-refractivity contribution in [3.8, 4) is 0 Å². The molecule has 0 fully saturated rings. The summed E-state index contributed by atoms with van der Waals surface area (Å²) in [6, 6.07) is 0. The third-order valence-corrected chi connectivity index (χ3v) is 2.97. The lowest BCUT2D eigenvalue weighted by molar-refractivity contribution is -0.159. The predicted octanol–water partition coefficient (Wildman–Crippen LogP) is 1.97. The van der Waals surface area contributed by atoms with Crippen molar-refractivity contribution in [2.24, 2.45) is 5.73 Å². The number of alkyl halides is 2. The number of halogens is 2. The minimum Gasteiger partial charge on any atom is -0.477 e. The van der Waals surface area contributed by atoms with E-state index >= 15 is 0 Å². The van der Waals surface area contributed by atoms with E-state index in [1.54, 1.807) is 0 Å². The van der Waals surface area contributed by atoms with Gasteiger partial charge in [0.2, 0.25) is 0 Å². The first kappa shape index (κ1) is 18.5. The van der Waals surface area contributed by atoms with Crippen molar-refractivity contribution in [1.82, 2.24) is 0 Å². The highest BCUT2D eigenvalue weighted by Crippen LogP contribution is 2.16. The Labute approximate surface area is 105 Å². The smallest absolute Gasteiger partial charge is 0.375 e. The van der Waals surface area contributed by atoms with E-state index in [0.717, 1.165) is 19.3 Å². The summed E-state index contributed by atoms with van der Waals surface area (Å²) in [5.74, 6) is -4.45. The van der Waals surface area contributed by atoms with Gasteiger partial charge in [0, 0.05) is 5.54 Å². The Kier molecular flexibility index (Phi) is 8.10. The number of carboxylic acids is 2. The molecule has 0 aromatic rings. The van der Waals surface area contributed by atoms with Crippen molar-refractivity contribution in [1.29, 1.82) is 0 Å². The van der Waals surface area contributed by atoms with Crippen LogP contribution in [0.15, 0.2) is 0 Å². The standard InChI is InChI=1S/C7H17N.C3H2ClFO4/c1-4-7(8,5-2)6-3;4-3(5,1(6)7)2(8)9/h4-6,8H2,1-3H3;(H,6,7)(H,8,9). The molecule has 5 nitrogen and oxygen atoms in total. The van der Waals surface area contributed by atoms with Crippen LogP contribution in [-0.2, 0) is 9.59 Å². The summed E-state index contributed by atoms with van der Waals surface area (Å²) in [4.78, 5) is 19.1. The van der Waals surface area contributed by atoms with Gasteiger partial charge in [-0.25, -0.2) is 14.0 Å². The van der Waals surface area contributed by atoms with Crippen LogP contribution in [-0.4, -0.2) is 32.8 Å². The fraction of sp³-hybridized carbons (Fsp3) is 0.800. The van der Waals surface area contributed by atoms with Crippen LogP contribution in [0.1, 0.15) is 40.0 Å². The van der Waals surface area contributed by atoms with Crippen molar-refractivity contribution in [2.45, 2.75) is 50.7 Å². The first-order chi connectivity index (χ1) is 7.57. The predicted molar refractivity (Wildman–Crippen MR) is 62.8 cm³/mol. The molecule has 0 aliphatic rings. The summed E-state index contributed by atoms with van der Waals surface area (Å²) in [5.41, 5.74) is 6.02. The molecule has 0 saturated heterocycles. The molecule has 0 bridgehead atoms. The Hall–Kier alpha value is -0.880. The third-order valence-electron chi connectivity index (χ3n) is 2.65. The molecular formula is C10H19ClFNO4. The second-order valence-corrected chi connectivity index (χ2v) is 4.13. The summed E-state index contributed by atoms with van der Waals surface area (Å²) in [6.45, 7) is 6.44. The molecule has 0 aliphatic heterocycles. The van der Waals surface area contributed by atoms with Crippen molar-refractivity contribution in [3.63, 3.8) is 0 Å². The highest BCUT2D eigenvalue weighted by atomic mass is 35.5. The molecule has 0 atom stereocenters. The highest BCUT2D eigenvalue weighted by molar-refractivity contribution is 6.42. The zero-order valence-corrected chi connectivity index (χ0v) is 10.9. The van der Waals surface area contributed by atoms with Crippen LogP contribution in [0.3, 0.4) is 0 Å². The summed E-state index contributed by atoms with van der Waals surface area (Å²) in [5, 5.41) is 11.8. The molecule has 17 heavy (non-hydrogen) atoms. The number of carbonyl (C=O) groups is 2. The first-order valence-corrected chi connectivity index (χ1v) is 5.58. The van der Waals surface area contributed by atoms with Gasteiger partial charge in [0.15, 0.2) is 0 Å². The largest absolute Gasteiger partial charge is 0.477 e. The summed E-state index contributed by atoms with van der Waals surface area (Å²) >= 11 is 4.34. The van der Waals surface area contributed by atoms with Crippen molar-refractivity contribution in [2.75, 3.05) is 0 Å². The van der Waals surface area contributed by atoms with Gasteiger partial charge in [0.25, 0.3) is 0 Å². The van der Waals surface area contributed by atoms with Crippen LogP contribution in [0.2, 0.25) is 0 Å². The molecule has 0 aliphatic carbocycles. The Bertz CT molecular complexity index is 243. The lowest BCUT2D eigenvalue weighted by Crippen LogP contribution is -2.37. The van der Waals surface area contributed by atoms with Crippen LogP contribution in [0.4, 0.5) is 4.39 Å². The molecule has 0 saturated carbocycles. The maximum absolute atomic E-state index is 11.9. The van der Waals surface area contributed by atoms with Gasteiger partial charge in [0.05, 0.1) is 0 Å². The SMILES string of the molecule is CCC(N)(CC)CC.O=C(O)C(F)(Cl)C(=O)O. The Morgan fingerprint density at radius 1 is 1.12 bits per heavy atom. The van der Waals surface area contributed by atoms with Gasteiger partial charge in [-0.3, -0.25) is 0 Å². The number of nitrogens with two attached hydrogens (primary N) is 1. The van der Waals surface area contributed by atoms with Gasteiger partial charge in [0.1, 0.15) is 0 Å². The van der Waals surface area contributed by atoms with Gasteiger partial charge in [-0.15, -0.1) is 0 Å². The summed E-state index contributed by atoms with van der Waals surface area (Å²) in [7, 11) is 0. The minimum atomic E-state index is -3.69. The number of hydrogen-bond donors (Lipinski definition) is 3. The maximum Gasteiger partial charge on any atom is 0.375 e. The van der Waals surface area contributed by atoms with E-state index < -0.39 is 17.1 Å². The van der Waals surface area contributed by atoms with E-state index in [0.29, 0.717) is 0 Å². The Balaban J connectivity index is 0. The van der Waals surface area contributed by atoms with E-state index in [1.165, 1.54) is 0 Å². The molecule has 0 unspecified atom stereocenters. The van der Waals surface area contributed by atoms with Crippen LogP contribution in [0.5, 0.6) is 0 Å². The molecule has 102 valence electrons. The lowest BCUT2D eigenvalue weighted by Gasteiger charge is -2.23. The normalized spacial score (nSPS) is 11.4. The van der Waals surface area contributed by atoms with E-state index in [9.17, 15) is 14.0 Å². The topological polar surface area (TPSA) is 101 Å². The fourth-order valence-electron chi connectivity index (χ4n) is 0.841. The average molecular weight is 272 g/mol. The fourth-order valence-corrected chi connectivity index (χ4v) is 0.841. The molecule has 0 aromatic carbocycles. The Morgan fingerprint density at radius 2 is 1.35 bits per heavy atom. The van der Waals surface area contributed by atoms with Crippen molar-refractivity contribution in [3.05, 3.63) is 0 Å². The molecule has 0 heterocycles. The molecule has 4 N–H and O–H groups in total. The van der Waals surface area contributed by atoms with Gasteiger partial charge >= 0.3 is 17.1 Å². The molecule has 0 radical (unpaired) electrons. The zero-order valence-electron chi connectivity index (χ0n) is 10.2. The van der Waals surface area contributed by atoms with E-state index in [2.05, 4.69) is 32.4 Å². The van der Waals surface area contributed by atoms with Crippen LogP contribution in [0, 0.1) is 0 Å². The lowest BCUT2D eigenvalue weighted by atomic mass is 9.92. The van der Waals surface area contributed by atoms with Crippen molar-refractivity contribution >= 4 is 23.5 Å². The number of rotatable bonds is 5. The van der Waals surface area contributed by atoms with Gasteiger partial charge in [-0.1, -0.05) is 32.4 Å².